The number of amides is 4. The van der Waals surface area contributed by atoms with E-state index in [1.54, 1.807) is 36.2 Å². The lowest BCUT2D eigenvalue weighted by Crippen LogP contribution is -2.60. The molecule has 0 aromatic heterocycles. The molecule has 0 aliphatic carbocycles. The van der Waals surface area contributed by atoms with Crippen LogP contribution in [0.1, 0.15) is 35.6 Å². The second-order valence-electron chi connectivity index (χ2n) is 9.68. The number of carbonyl (C=O) groups is 3. The van der Waals surface area contributed by atoms with Gasteiger partial charge in [0, 0.05) is 20.1 Å². The average molecular weight is 539 g/mol. The average Bonchev–Trinajstić information content (AvgIpc) is 3.44. The number of likely N-dealkylation sites (N-methyl/N-ethyl adjacent to an activating group) is 1. The number of nitrogens with zero attached hydrogens (tertiary/aromatic N) is 5. The second kappa shape index (κ2) is 10.1. The van der Waals surface area contributed by atoms with Crippen LogP contribution in [-0.4, -0.2) is 65.9 Å². The van der Waals surface area contributed by atoms with Gasteiger partial charge < -0.3 is 9.80 Å². The second-order valence-corrected chi connectivity index (χ2v) is 9.68. The molecule has 0 unspecified atom stereocenters. The van der Waals surface area contributed by atoms with Crippen LogP contribution >= 0.6 is 0 Å². The van der Waals surface area contributed by atoms with Crippen molar-refractivity contribution in [1.29, 1.82) is 5.26 Å². The summed E-state index contributed by atoms with van der Waals surface area (Å²) in [6, 6.07) is 11.0. The molecule has 1 atom stereocenters. The zero-order valence-electron chi connectivity index (χ0n) is 21.0. The highest BCUT2D eigenvalue weighted by atomic mass is 19.4. The Labute approximate surface area is 222 Å². The quantitative estimate of drug-likeness (QED) is 0.643. The summed E-state index contributed by atoms with van der Waals surface area (Å²) in [5, 5.41) is 10.7. The van der Waals surface area contributed by atoms with E-state index >= 15 is 0 Å². The van der Waals surface area contributed by atoms with Crippen LogP contribution in [0.3, 0.4) is 0 Å². The smallest absolute Gasteiger partial charge is 0.341 e. The lowest BCUT2D eigenvalue weighted by atomic mass is 9.90. The van der Waals surface area contributed by atoms with Crippen molar-refractivity contribution in [1.82, 2.24) is 20.2 Å². The molecule has 0 saturated carbocycles. The summed E-state index contributed by atoms with van der Waals surface area (Å²) in [6.07, 6.45) is -2.98. The summed E-state index contributed by atoms with van der Waals surface area (Å²) < 4.78 is 40.8. The Morgan fingerprint density at radius 3 is 2.44 bits per heavy atom. The number of nitriles is 1. The van der Waals surface area contributed by atoms with Gasteiger partial charge in [0.1, 0.15) is 6.54 Å². The van der Waals surface area contributed by atoms with Gasteiger partial charge in [-0.3, -0.25) is 19.9 Å². The van der Waals surface area contributed by atoms with Gasteiger partial charge in [-0.1, -0.05) is 18.2 Å². The minimum Gasteiger partial charge on any atom is -0.341 e. The molecule has 39 heavy (non-hydrogen) atoms. The maximum atomic E-state index is 14.2. The topological polar surface area (TPSA) is 100.0 Å². The fraction of sp³-hybridized carbons (Fsp3) is 0.333. The zero-order valence-corrected chi connectivity index (χ0v) is 21.0. The number of rotatable bonds is 4. The van der Waals surface area contributed by atoms with E-state index in [4.69, 9.17) is 0 Å². The van der Waals surface area contributed by atoms with E-state index in [1.165, 1.54) is 22.0 Å². The first-order chi connectivity index (χ1) is 18.6. The molecule has 1 fully saturated rings. The third kappa shape index (κ3) is 4.93. The number of alkyl halides is 3. The number of hydrazine groups is 1. The van der Waals surface area contributed by atoms with E-state index in [-0.39, 0.29) is 36.0 Å². The number of hydrogen-bond acceptors (Lipinski definition) is 5. The molecular weight excluding hydrogens is 513 g/mol. The Balaban J connectivity index is 1.69. The summed E-state index contributed by atoms with van der Waals surface area (Å²) in [6.45, 7) is 0.737. The summed E-state index contributed by atoms with van der Waals surface area (Å²) in [4.78, 5) is 44.8. The van der Waals surface area contributed by atoms with Gasteiger partial charge in [0.25, 0.3) is 5.91 Å². The molecule has 5 rings (SSSR count). The van der Waals surface area contributed by atoms with Gasteiger partial charge >= 0.3 is 12.2 Å². The highest BCUT2D eigenvalue weighted by Gasteiger charge is 2.47. The number of urea groups is 1. The summed E-state index contributed by atoms with van der Waals surface area (Å²) in [5.41, 5.74) is 2.90. The SMILES string of the molecule is CN1CC2=C(C(=O)N1)[C@@H](c1ccc(C#N)cc1)N(CC(=O)N1CCCC1)C(=O)N2c1cccc(C(F)(F)F)c1. The Bertz CT molecular complexity index is 1390. The third-order valence-electron chi connectivity index (χ3n) is 7.08. The van der Waals surface area contributed by atoms with Crippen molar-refractivity contribution >= 4 is 23.5 Å². The molecule has 3 heterocycles. The molecule has 1 N–H and O–H groups in total. The molecule has 0 radical (unpaired) electrons. The van der Waals surface area contributed by atoms with Crippen molar-refractivity contribution in [3.8, 4) is 6.07 Å². The molecule has 1 saturated heterocycles. The summed E-state index contributed by atoms with van der Waals surface area (Å²) >= 11 is 0. The first-order valence-corrected chi connectivity index (χ1v) is 12.4. The van der Waals surface area contributed by atoms with Crippen LogP contribution in [0.5, 0.6) is 0 Å². The Morgan fingerprint density at radius 1 is 1.10 bits per heavy atom. The van der Waals surface area contributed by atoms with Crippen molar-refractivity contribution in [2.45, 2.75) is 25.1 Å². The number of benzene rings is 2. The molecule has 9 nitrogen and oxygen atoms in total. The van der Waals surface area contributed by atoms with Crippen LogP contribution in [0.4, 0.5) is 23.7 Å². The lowest BCUT2D eigenvalue weighted by Gasteiger charge is -2.46. The van der Waals surface area contributed by atoms with Crippen LogP contribution in [-0.2, 0) is 15.8 Å². The Morgan fingerprint density at radius 2 is 1.79 bits per heavy atom. The lowest BCUT2D eigenvalue weighted by molar-refractivity contribution is -0.137. The van der Waals surface area contributed by atoms with Gasteiger partial charge in [-0.15, -0.1) is 0 Å². The summed E-state index contributed by atoms with van der Waals surface area (Å²) in [5.74, 6) is -0.864. The van der Waals surface area contributed by atoms with Gasteiger partial charge in [0.15, 0.2) is 0 Å². The van der Waals surface area contributed by atoms with E-state index in [1.807, 2.05) is 6.07 Å². The van der Waals surface area contributed by atoms with E-state index in [0.29, 0.717) is 24.2 Å². The Kier molecular flexibility index (Phi) is 6.78. The predicted octanol–water partition coefficient (Wildman–Crippen LogP) is 3.41. The fourth-order valence-corrected chi connectivity index (χ4v) is 5.24. The van der Waals surface area contributed by atoms with Crippen LogP contribution in [0, 0.1) is 11.3 Å². The van der Waals surface area contributed by atoms with Crippen molar-refractivity contribution in [2.75, 3.05) is 38.1 Å². The van der Waals surface area contributed by atoms with Crippen molar-refractivity contribution in [3.05, 3.63) is 76.5 Å². The molecule has 0 spiro atoms. The predicted molar refractivity (Wildman–Crippen MR) is 134 cm³/mol. The highest BCUT2D eigenvalue weighted by molar-refractivity contribution is 6.06. The number of nitrogens with one attached hydrogen (secondary N) is 1. The number of carbonyl (C=O) groups excluding carboxylic acids is 3. The van der Waals surface area contributed by atoms with Gasteiger partial charge in [-0.05, 0) is 48.7 Å². The maximum absolute atomic E-state index is 14.2. The van der Waals surface area contributed by atoms with Crippen LogP contribution in [0.2, 0.25) is 0 Å². The third-order valence-corrected chi connectivity index (χ3v) is 7.08. The Hall–Kier alpha value is -4.37. The number of hydrogen-bond donors (Lipinski definition) is 1. The zero-order chi connectivity index (χ0) is 27.9. The molecule has 202 valence electrons. The molecule has 3 aliphatic heterocycles. The largest absolute Gasteiger partial charge is 0.416 e. The normalized spacial score (nSPS) is 20.2. The molecule has 0 bridgehead atoms. The van der Waals surface area contributed by atoms with Crippen LogP contribution in [0.25, 0.3) is 0 Å². The minimum atomic E-state index is -4.65. The monoisotopic (exact) mass is 538 g/mol. The van der Waals surface area contributed by atoms with Crippen molar-refractivity contribution in [2.24, 2.45) is 0 Å². The first kappa shape index (κ1) is 26.2. The van der Waals surface area contributed by atoms with Gasteiger partial charge in [-0.2, -0.15) is 18.4 Å². The first-order valence-electron chi connectivity index (χ1n) is 12.4. The molecule has 3 aliphatic rings. The van der Waals surface area contributed by atoms with E-state index in [2.05, 4.69) is 5.43 Å². The van der Waals surface area contributed by atoms with Gasteiger partial charge in [0.05, 0.1) is 46.7 Å². The minimum absolute atomic E-state index is 0.0315. The molecule has 12 heteroatoms. The van der Waals surface area contributed by atoms with E-state index in [9.17, 15) is 32.8 Å². The summed E-state index contributed by atoms with van der Waals surface area (Å²) in [7, 11) is 1.58. The maximum Gasteiger partial charge on any atom is 0.416 e. The molecule has 2 aromatic carbocycles. The van der Waals surface area contributed by atoms with Crippen LogP contribution < -0.4 is 10.3 Å². The highest BCUT2D eigenvalue weighted by Crippen LogP contribution is 2.42. The van der Waals surface area contributed by atoms with Crippen molar-refractivity contribution in [3.63, 3.8) is 0 Å². The van der Waals surface area contributed by atoms with Gasteiger partial charge in [-0.25, -0.2) is 9.80 Å². The number of likely N-dealkylation sites (tertiary alicyclic amines) is 1. The fourth-order valence-electron chi connectivity index (χ4n) is 5.24. The number of anilines is 1. The standard InChI is InChI=1S/C27H25F3N6O3/c1-33-15-21-23(25(38)32-33)24(18-9-7-17(14-31)8-10-18)35(16-22(37)34-11-2-3-12-34)26(39)36(21)20-6-4-5-19(13-20)27(28,29)30/h4-10,13,24H,2-3,11-12,15-16H2,1H3,(H,32,38)/t24-/m1/s1. The van der Waals surface area contributed by atoms with E-state index in [0.717, 1.165) is 29.9 Å². The molecule has 4 amide bonds. The van der Waals surface area contributed by atoms with E-state index < -0.39 is 29.7 Å². The molecule has 2 aromatic rings. The van der Waals surface area contributed by atoms with Gasteiger partial charge in [0.2, 0.25) is 5.91 Å². The van der Waals surface area contributed by atoms with Crippen molar-refractivity contribution < 1.29 is 27.6 Å². The number of halogens is 3. The van der Waals surface area contributed by atoms with Crippen LogP contribution in [0.15, 0.2) is 59.8 Å². The molecular formula is C27H25F3N6O3.